The molecule has 0 bridgehead atoms. The van der Waals surface area contributed by atoms with Crippen LogP contribution >= 0.6 is 0 Å². The molecule has 3 aromatic carbocycles. The van der Waals surface area contributed by atoms with E-state index in [1.807, 2.05) is 84.9 Å². The highest BCUT2D eigenvalue weighted by Gasteiger charge is 2.32. The zero-order valence-corrected chi connectivity index (χ0v) is 18.4. The van der Waals surface area contributed by atoms with Crippen molar-refractivity contribution in [2.24, 2.45) is 0 Å². The van der Waals surface area contributed by atoms with Crippen LogP contribution in [0.2, 0.25) is 0 Å². The standard InChI is InChI=1S/C28H22N2O3/c1-32-22-14-13-20(24(17-22)33-2)15-21-16-23-26(28(21)31)25(18-9-5-3-6-10-18)27(30-29-23)19-11-7-4-8-12-19/h3-15,17H,16H2,1-2H3. The molecule has 1 heterocycles. The molecule has 0 saturated heterocycles. The lowest BCUT2D eigenvalue weighted by atomic mass is 9.93. The van der Waals surface area contributed by atoms with E-state index in [9.17, 15) is 4.79 Å². The maximum atomic E-state index is 13.7. The lowest BCUT2D eigenvalue weighted by Gasteiger charge is -2.12. The average Bonchev–Trinajstić information content (AvgIpc) is 3.19. The molecule has 1 aliphatic carbocycles. The van der Waals surface area contributed by atoms with Crippen LogP contribution in [0.5, 0.6) is 11.5 Å². The summed E-state index contributed by atoms with van der Waals surface area (Å²) in [6.45, 7) is 0. The molecule has 0 fully saturated rings. The number of ether oxygens (including phenoxy) is 2. The molecular weight excluding hydrogens is 412 g/mol. The molecule has 5 rings (SSSR count). The number of allylic oxidation sites excluding steroid dienone is 1. The van der Waals surface area contributed by atoms with Crippen molar-refractivity contribution < 1.29 is 14.3 Å². The van der Waals surface area contributed by atoms with Gasteiger partial charge in [0.25, 0.3) is 0 Å². The summed E-state index contributed by atoms with van der Waals surface area (Å²) in [4.78, 5) is 13.7. The van der Waals surface area contributed by atoms with Crippen LogP contribution in [0.25, 0.3) is 28.5 Å². The third-order valence-corrected chi connectivity index (χ3v) is 5.80. The molecule has 162 valence electrons. The molecule has 5 heteroatoms. The number of rotatable bonds is 5. The molecule has 0 N–H and O–H groups in total. The molecule has 5 nitrogen and oxygen atoms in total. The number of nitrogens with zero attached hydrogens (tertiary/aromatic N) is 2. The van der Waals surface area contributed by atoms with Crippen molar-refractivity contribution in [1.82, 2.24) is 10.2 Å². The van der Waals surface area contributed by atoms with E-state index in [0.717, 1.165) is 22.3 Å². The van der Waals surface area contributed by atoms with E-state index in [4.69, 9.17) is 9.47 Å². The first-order valence-electron chi connectivity index (χ1n) is 10.7. The van der Waals surface area contributed by atoms with Gasteiger partial charge in [-0.1, -0.05) is 60.7 Å². The lowest BCUT2D eigenvalue weighted by Crippen LogP contribution is -2.04. The topological polar surface area (TPSA) is 61.3 Å². The van der Waals surface area contributed by atoms with Crippen molar-refractivity contribution >= 4 is 11.9 Å². The van der Waals surface area contributed by atoms with Gasteiger partial charge in [0, 0.05) is 34.8 Å². The van der Waals surface area contributed by atoms with E-state index in [1.165, 1.54) is 0 Å². The van der Waals surface area contributed by atoms with E-state index >= 15 is 0 Å². The van der Waals surface area contributed by atoms with Crippen LogP contribution in [0.3, 0.4) is 0 Å². The quantitative estimate of drug-likeness (QED) is 0.380. The normalized spacial score (nSPS) is 13.8. The minimum absolute atomic E-state index is 0.0335. The van der Waals surface area contributed by atoms with Crippen molar-refractivity contribution in [1.29, 1.82) is 0 Å². The van der Waals surface area contributed by atoms with Crippen LogP contribution < -0.4 is 9.47 Å². The van der Waals surface area contributed by atoms with Crippen molar-refractivity contribution in [3.63, 3.8) is 0 Å². The van der Waals surface area contributed by atoms with Gasteiger partial charge in [0.1, 0.15) is 17.2 Å². The van der Waals surface area contributed by atoms with E-state index in [0.29, 0.717) is 40.4 Å². The Morgan fingerprint density at radius 2 is 1.48 bits per heavy atom. The fourth-order valence-electron chi connectivity index (χ4n) is 4.19. The third-order valence-electron chi connectivity index (χ3n) is 5.80. The fraction of sp³-hybridized carbons (Fsp3) is 0.107. The summed E-state index contributed by atoms with van der Waals surface area (Å²) in [6.07, 6.45) is 2.30. The van der Waals surface area contributed by atoms with E-state index in [1.54, 1.807) is 14.2 Å². The number of carbonyl (C=O) groups is 1. The Kier molecular flexibility index (Phi) is 5.45. The van der Waals surface area contributed by atoms with Gasteiger partial charge in [-0.25, -0.2) is 0 Å². The third kappa shape index (κ3) is 3.78. The average molecular weight is 434 g/mol. The molecule has 0 aliphatic heterocycles. The van der Waals surface area contributed by atoms with Crippen LogP contribution in [-0.2, 0) is 6.42 Å². The monoisotopic (exact) mass is 434 g/mol. The minimum Gasteiger partial charge on any atom is -0.497 e. The molecule has 0 saturated carbocycles. The van der Waals surface area contributed by atoms with Gasteiger partial charge in [-0.05, 0) is 23.8 Å². The van der Waals surface area contributed by atoms with Crippen molar-refractivity contribution in [2.45, 2.75) is 6.42 Å². The van der Waals surface area contributed by atoms with Crippen molar-refractivity contribution in [2.75, 3.05) is 14.2 Å². The number of methoxy groups -OCH3 is 2. The maximum Gasteiger partial charge on any atom is 0.192 e. The Balaban J connectivity index is 1.66. The number of benzene rings is 3. The Bertz CT molecular complexity index is 1360. The Labute approximate surface area is 192 Å². The summed E-state index contributed by atoms with van der Waals surface area (Å²) in [5.41, 5.74) is 6.18. The molecule has 0 atom stereocenters. The number of aromatic nitrogens is 2. The molecular formula is C28H22N2O3. The van der Waals surface area contributed by atoms with Crippen molar-refractivity contribution in [3.05, 3.63) is 101 Å². The number of carbonyl (C=O) groups excluding carboxylic acids is 1. The maximum absolute atomic E-state index is 13.7. The first-order valence-corrected chi connectivity index (χ1v) is 10.7. The van der Waals surface area contributed by atoms with E-state index < -0.39 is 0 Å². The summed E-state index contributed by atoms with van der Waals surface area (Å²) >= 11 is 0. The highest BCUT2D eigenvalue weighted by molar-refractivity contribution is 6.19. The molecule has 33 heavy (non-hydrogen) atoms. The number of hydrogen-bond acceptors (Lipinski definition) is 5. The van der Waals surface area contributed by atoms with Gasteiger partial charge in [-0.3, -0.25) is 4.79 Å². The predicted molar refractivity (Wildman–Crippen MR) is 128 cm³/mol. The van der Waals surface area contributed by atoms with E-state index in [-0.39, 0.29) is 5.78 Å². The van der Waals surface area contributed by atoms with Gasteiger partial charge >= 0.3 is 0 Å². The molecule has 0 spiro atoms. The van der Waals surface area contributed by atoms with Crippen LogP contribution in [0.15, 0.2) is 84.4 Å². The fourth-order valence-corrected chi connectivity index (χ4v) is 4.19. The summed E-state index contributed by atoms with van der Waals surface area (Å²) in [5, 5.41) is 9.03. The molecule has 4 aromatic rings. The van der Waals surface area contributed by atoms with Crippen LogP contribution in [0.4, 0.5) is 0 Å². The largest absolute Gasteiger partial charge is 0.497 e. The Morgan fingerprint density at radius 3 is 2.15 bits per heavy atom. The second-order valence-electron chi connectivity index (χ2n) is 7.76. The van der Waals surface area contributed by atoms with Gasteiger partial charge < -0.3 is 9.47 Å². The van der Waals surface area contributed by atoms with Crippen LogP contribution in [0.1, 0.15) is 21.6 Å². The first kappa shape index (κ1) is 20.6. The number of Topliss-reactive ketones (excluding diaryl/α,β-unsaturated/α-hetero) is 1. The smallest absolute Gasteiger partial charge is 0.192 e. The van der Waals surface area contributed by atoms with Crippen LogP contribution in [-0.4, -0.2) is 30.2 Å². The van der Waals surface area contributed by atoms with Gasteiger partial charge in [-0.15, -0.1) is 5.10 Å². The summed E-state index contributed by atoms with van der Waals surface area (Å²) < 4.78 is 10.8. The highest BCUT2D eigenvalue weighted by Crippen LogP contribution is 2.40. The van der Waals surface area contributed by atoms with Crippen molar-refractivity contribution in [3.8, 4) is 33.9 Å². The highest BCUT2D eigenvalue weighted by atomic mass is 16.5. The van der Waals surface area contributed by atoms with Gasteiger partial charge in [-0.2, -0.15) is 5.10 Å². The first-order chi connectivity index (χ1) is 16.2. The molecule has 1 aromatic heterocycles. The SMILES string of the molecule is COc1ccc(C=C2Cc3nnc(-c4ccccc4)c(-c4ccccc4)c3C2=O)c(OC)c1. The second-order valence-corrected chi connectivity index (χ2v) is 7.76. The summed E-state index contributed by atoms with van der Waals surface area (Å²) in [6, 6.07) is 25.3. The Hall–Kier alpha value is -4.25. The molecule has 1 aliphatic rings. The summed E-state index contributed by atoms with van der Waals surface area (Å²) in [7, 11) is 3.21. The molecule has 0 amide bonds. The van der Waals surface area contributed by atoms with Gasteiger partial charge in [0.05, 0.1) is 25.5 Å². The minimum atomic E-state index is -0.0335. The number of hydrogen-bond donors (Lipinski definition) is 0. The van der Waals surface area contributed by atoms with Gasteiger partial charge in [0.2, 0.25) is 0 Å². The Morgan fingerprint density at radius 1 is 0.788 bits per heavy atom. The molecule has 0 unspecified atom stereocenters. The predicted octanol–water partition coefficient (Wildman–Crippen LogP) is 5.65. The van der Waals surface area contributed by atoms with Crippen LogP contribution in [0, 0.1) is 0 Å². The van der Waals surface area contributed by atoms with Gasteiger partial charge in [0.15, 0.2) is 5.78 Å². The lowest BCUT2D eigenvalue weighted by molar-refractivity contribution is 0.104. The zero-order chi connectivity index (χ0) is 22.8. The molecule has 0 radical (unpaired) electrons. The summed E-state index contributed by atoms with van der Waals surface area (Å²) in [5.74, 6) is 1.30. The zero-order valence-electron chi connectivity index (χ0n) is 18.4. The number of ketones is 1. The number of fused-ring (bicyclic) bond motifs is 1. The van der Waals surface area contributed by atoms with E-state index in [2.05, 4.69) is 10.2 Å². The second kappa shape index (κ2) is 8.71.